The zero-order valence-corrected chi connectivity index (χ0v) is 11.5. The zero-order valence-electron chi connectivity index (χ0n) is 11.5. The quantitative estimate of drug-likeness (QED) is 0.373. The van der Waals surface area contributed by atoms with E-state index in [1.54, 1.807) is 12.3 Å². The Hall–Kier alpha value is -1.85. The highest BCUT2D eigenvalue weighted by Crippen LogP contribution is 2.37. The molecule has 0 bridgehead atoms. The molecule has 104 valence electrons. The minimum Gasteiger partial charge on any atom is -0.409 e. The van der Waals surface area contributed by atoms with Gasteiger partial charge in [-0.05, 0) is 30.7 Å². The van der Waals surface area contributed by atoms with Crippen LogP contribution in [0.5, 0.6) is 0 Å². The van der Waals surface area contributed by atoms with E-state index in [1.165, 1.54) is 12.8 Å². The predicted octanol–water partition coefficient (Wildman–Crippen LogP) is 1.59. The zero-order chi connectivity index (χ0) is 13.9. The van der Waals surface area contributed by atoms with E-state index in [0.29, 0.717) is 17.1 Å². The highest BCUT2D eigenvalue weighted by molar-refractivity contribution is 5.95. The molecule has 19 heavy (non-hydrogen) atoms. The van der Waals surface area contributed by atoms with Gasteiger partial charge in [0.2, 0.25) is 5.95 Å². The van der Waals surface area contributed by atoms with Crippen LogP contribution >= 0.6 is 0 Å². The molecule has 1 fully saturated rings. The number of oxime groups is 1. The molecule has 1 aliphatic rings. The van der Waals surface area contributed by atoms with Crippen LogP contribution in [-0.2, 0) is 0 Å². The van der Waals surface area contributed by atoms with Gasteiger partial charge < -0.3 is 15.8 Å². The Kier molecular flexibility index (Phi) is 3.87. The molecule has 1 aliphatic heterocycles. The minimum absolute atomic E-state index is 0.0140. The predicted molar refractivity (Wildman–Crippen MR) is 74.4 cm³/mol. The van der Waals surface area contributed by atoms with Gasteiger partial charge in [0, 0.05) is 19.3 Å². The van der Waals surface area contributed by atoms with E-state index in [1.807, 2.05) is 0 Å². The summed E-state index contributed by atoms with van der Waals surface area (Å²) in [5.74, 6) is 0.674. The molecule has 6 nitrogen and oxygen atoms in total. The van der Waals surface area contributed by atoms with Crippen molar-refractivity contribution in [1.29, 1.82) is 0 Å². The lowest BCUT2D eigenvalue weighted by Crippen LogP contribution is -2.28. The number of hydrogen-bond acceptors (Lipinski definition) is 5. The fourth-order valence-corrected chi connectivity index (χ4v) is 2.63. The van der Waals surface area contributed by atoms with Crippen LogP contribution in [0.15, 0.2) is 17.4 Å². The van der Waals surface area contributed by atoms with Gasteiger partial charge in [-0.1, -0.05) is 19.0 Å². The Morgan fingerprint density at radius 2 is 2.26 bits per heavy atom. The van der Waals surface area contributed by atoms with Crippen molar-refractivity contribution in [2.24, 2.45) is 16.3 Å². The molecule has 6 heteroatoms. The molecule has 1 aromatic rings. The second-order valence-corrected chi connectivity index (χ2v) is 5.11. The average Bonchev–Trinajstić information content (AvgIpc) is 2.92. The third-order valence-electron chi connectivity index (χ3n) is 4.23. The van der Waals surface area contributed by atoms with Crippen molar-refractivity contribution < 1.29 is 5.21 Å². The van der Waals surface area contributed by atoms with Crippen molar-refractivity contribution in [1.82, 2.24) is 9.97 Å². The fourth-order valence-electron chi connectivity index (χ4n) is 2.63. The van der Waals surface area contributed by atoms with Crippen LogP contribution in [0.4, 0.5) is 5.95 Å². The molecule has 0 spiro atoms. The Morgan fingerprint density at radius 1 is 1.53 bits per heavy atom. The van der Waals surface area contributed by atoms with Crippen LogP contribution in [0.25, 0.3) is 0 Å². The lowest BCUT2D eigenvalue weighted by molar-refractivity contribution is 0.301. The van der Waals surface area contributed by atoms with Crippen molar-refractivity contribution >= 4 is 11.8 Å². The van der Waals surface area contributed by atoms with E-state index < -0.39 is 0 Å². The van der Waals surface area contributed by atoms with Crippen LogP contribution in [-0.4, -0.2) is 34.1 Å². The number of anilines is 1. The third-order valence-corrected chi connectivity index (χ3v) is 4.23. The van der Waals surface area contributed by atoms with Gasteiger partial charge >= 0.3 is 0 Å². The minimum atomic E-state index is 0.0140. The first-order valence-electron chi connectivity index (χ1n) is 6.70. The summed E-state index contributed by atoms with van der Waals surface area (Å²) in [6.07, 6.45) is 5.14. The maximum atomic E-state index is 8.69. The number of amidine groups is 1. The number of hydrogen-bond donors (Lipinski definition) is 2. The molecule has 0 amide bonds. The largest absolute Gasteiger partial charge is 0.409 e. The number of nitrogens with two attached hydrogens (primary N) is 1. The van der Waals surface area contributed by atoms with Gasteiger partial charge in [0.15, 0.2) is 5.84 Å². The molecule has 0 aromatic carbocycles. The van der Waals surface area contributed by atoms with Gasteiger partial charge in [0.05, 0.1) is 0 Å². The van der Waals surface area contributed by atoms with Gasteiger partial charge in [-0.3, -0.25) is 0 Å². The standard InChI is InChI=1S/C13H21N5O/c1-3-13(4-2)6-8-18(9-13)12-15-7-5-10(16-12)11(14)17-19/h5,7,19H,3-4,6,8-9H2,1-2H3,(H2,14,17). The molecule has 1 saturated heterocycles. The van der Waals surface area contributed by atoms with Crippen molar-refractivity contribution in [3.8, 4) is 0 Å². The van der Waals surface area contributed by atoms with Gasteiger partial charge in [-0.25, -0.2) is 9.97 Å². The van der Waals surface area contributed by atoms with Gasteiger partial charge in [-0.2, -0.15) is 0 Å². The van der Waals surface area contributed by atoms with Crippen LogP contribution in [0, 0.1) is 5.41 Å². The van der Waals surface area contributed by atoms with E-state index in [9.17, 15) is 0 Å². The topological polar surface area (TPSA) is 87.6 Å². The molecule has 0 radical (unpaired) electrons. The van der Waals surface area contributed by atoms with Gasteiger partial charge in [0.25, 0.3) is 0 Å². The van der Waals surface area contributed by atoms with Gasteiger partial charge in [-0.15, -0.1) is 0 Å². The average molecular weight is 263 g/mol. The lowest BCUT2D eigenvalue weighted by atomic mass is 9.82. The normalized spacial score (nSPS) is 18.8. The van der Waals surface area contributed by atoms with Crippen LogP contribution in [0.1, 0.15) is 38.8 Å². The molecular weight excluding hydrogens is 242 g/mol. The molecule has 2 rings (SSSR count). The molecule has 0 saturated carbocycles. The van der Waals surface area contributed by atoms with Crippen LogP contribution in [0.3, 0.4) is 0 Å². The van der Waals surface area contributed by atoms with Crippen molar-refractivity contribution in [2.45, 2.75) is 33.1 Å². The summed E-state index contributed by atoms with van der Waals surface area (Å²) >= 11 is 0. The second-order valence-electron chi connectivity index (χ2n) is 5.11. The Morgan fingerprint density at radius 3 is 2.84 bits per heavy atom. The van der Waals surface area contributed by atoms with E-state index >= 15 is 0 Å². The first kappa shape index (κ1) is 13.6. The van der Waals surface area contributed by atoms with E-state index in [-0.39, 0.29) is 5.84 Å². The van der Waals surface area contributed by atoms with Gasteiger partial charge in [0.1, 0.15) is 5.69 Å². The summed E-state index contributed by atoms with van der Waals surface area (Å²) < 4.78 is 0. The molecule has 2 heterocycles. The van der Waals surface area contributed by atoms with E-state index in [0.717, 1.165) is 19.5 Å². The molecule has 0 atom stereocenters. The third kappa shape index (κ3) is 2.62. The maximum absolute atomic E-state index is 8.69. The summed E-state index contributed by atoms with van der Waals surface area (Å²) in [6.45, 7) is 6.41. The fraction of sp³-hybridized carbons (Fsp3) is 0.615. The Labute approximate surface area is 113 Å². The van der Waals surface area contributed by atoms with Crippen molar-refractivity contribution in [2.75, 3.05) is 18.0 Å². The van der Waals surface area contributed by atoms with Crippen LogP contribution < -0.4 is 10.6 Å². The summed E-state index contributed by atoms with van der Waals surface area (Å²) in [7, 11) is 0. The molecular formula is C13H21N5O. The number of aromatic nitrogens is 2. The molecule has 0 unspecified atom stereocenters. The highest BCUT2D eigenvalue weighted by atomic mass is 16.4. The first-order chi connectivity index (χ1) is 9.14. The Bertz CT molecular complexity index is 470. The second kappa shape index (κ2) is 5.42. The molecule has 0 aliphatic carbocycles. The molecule has 3 N–H and O–H groups in total. The summed E-state index contributed by atoms with van der Waals surface area (Å²) in [5.41, 5.74) is 6.39. The monoisotopic (exact) mass is 263 g/mol. The lowest BCUT2D eigenvalue weighted by Gasteiger charge is -2.26. The Balaban J connectivity index is 2.20. The van der Waals surface area contributed by atoms with E-state index in [4.69, 9.17) is 10.9 Å². The molecule has 1 aromatic heterocycles. The first-order valence-corrected chi connectivity index (χ1v) is 6.70. The number of rotatable bonds is 4. The maximum Gasteiger partial charge on any atom is 0.225 e. The van der Waals surface area contributed by atoms with Crippen molar-refractivity contribution in [3.63, 3.8) is 0 Å². The van der Waals surface area contributed by atoms with Crippen molar-refractivity contribution in [3.05, 3.63) is 18.0 Å². The summed E-state index contributed by atoms with van der Waals surface area (Å²) in [6, 6.07) is 1.64. The summed E-state index contributed by atoms with van der Waals surface area (Å²) in [4.78, 5) is 10.8. The highest BCUT2D eigenvalue weighted by Gasteiger charge is 2.35. The SMILES string of the molecule is CCC1(CC)CCN(c2nccc(/C(N)=N/O)n2)C1. The van der Waals surface area contributed by atoms with E-state index in [2.05, 4.69) is 33.9 Å². The van der Waals surface area contributed by atoms with Crippen LogP contribution in [0.2, 0.25) is 0 Å². The summed E-state index contributed by atoms with van der Waals surface area (Å²) in [5, 5.41) is 11.7. The smallest absolute Gasteiger partial charge is 0.225 e. The number of nitrogens with zero attached hydrogens (tertiary/aromatic N) is 4.